The van der Waals surface area contributed by atoms with Crippen molar-refractivity contribution >= 4 is 17.7 Å². The van der Waals surface area contributed by atoms with E-state index in [1.807, 2.05) is 31.2 Å². The first-order chi connectivity index (χ1) is 9.56. The van der Waals surface area contributed by atoms with E-state index in [1.54, 1.807) is 6.92 Å². The molecule has 1 heterocycles. The molecule has 2 rings (SSSR count). The van der Waals surface area contributed by atoms with Crippen LogP contribution in [0.15, 0.2) is 34.0 Å². The Morgan fingerprint density at radius 3 is 2.85 bits per heavy atom. The van der Waals surface area contributed by atoms with E-state index in [9.17, 15) is 9.59 Å². The summed E-state index contributed by atoms with van der Waals surface area (Å²) in [6.45, 7) is 3.78. The molecule has 1 aromatic carbocycles. The predicted molar refractivity (Wildman–Crippen MR) is 77.7 cm³/mol. The second-order valence-corrected chi connectivity index (χ2v) is 5.42. The third kappa shape index (κ3) is 3.74. The molecule has 0 fully saturated rings. The van der Waals surface area contributed by atoms with Gasteiger partial charge in [0.2, 0.25) is 5.91 Å². The number of nitrogens with zero attached hydrogens (tertiary/aromatic N) is 1. The van der Waals surface area contributed by atoms with E-state index < -0.39 is 0 Å². The molecule has 0 aliphatic carbocycles. The first kappa shape index (κ1) is 14.4. The molecule has 20 heavy (non-hydrogen) atoms. The minimum Gasteiger partial charge on any atom is -0.346 e. The Morgan fingerprint density at radius 1 is 1.45 bits per heavy atom. The minimum atomic E-state index is -0.379. The van der Waals surface area contributed by atoms with Crippen LogP contribution in [0.4, 0.5) is 0 Å². The van der Waals surface area contributed by atoms with Crippen LogP contribution in [-0.4, -0.2) is 26.8 Å². The number of thioether (sulfide) groups is 1. The van der Waals surface area contributed by atoms with Gasteiger partial charge in [-0.3, -0.25) is 9.78 Å². The number of hydrogen-bond donors (Lipinski definition) is 3. The summed E-state index contributed by atoms with van der Waals surface area (Å²) in [5, 5.41) is 8.84. The highest BCUT2D eigenvalue weighted by Gasteiger charge is 2.13. The van der Waals surface area contributed by atoms with Crippen LogP contribution in [0.2, 0.25) is 0 Å². The zero-order valence-electron chi connectivity index (χ0n) is 11.3. The number of aryl methyl sites for hydroxylation is 1. The van der Waals surface area contributed by atoms with Crippen molar-refractivity contribution in [2.45, 2.75) is 24.8 Å². The van der Waals surface area contributed by atoms with Crippen LogP contribution in [-0.2, 0) is 4.79 Å². The van der Waals surface area contributed by atoms with E-state index in [0.29, 0.717) is 11.6 Å². The molecule has 6 nitrogen and oxygen atoms in total. The molecule has 3 N–H and O–H groups in total. The van der Waals surface area contributed by atoms with Crippen molar-refractivity contribution in [1.29, 1.82) is 0 Å². The molecule has 106 valence electrons. The number of amides is 1. The normalized spacial score (nSPS) is 12.1. The number of rotatable bonds is 5. The van der Waals surface area contributed by atoms with E-state index in [-0.39, 0.29) is 17.6 Å². The van der Waals surface area contributed by atoms with Crippen molar-refractivity contribution in [3.63, 3.8) is 0 Å². The van der Waals surface area contributed by atoms with E-state index in [2.05, 4.69) is 20.5 Å². The zero-order chi connectivity index (χ0) is 14.5. The van der Waals surface area contributed by atoms with E-state index in [1.165, 1.54) is 11.8 Å². The average molecular weight is 292 g/mol. The van der Waals surface area contributed by atoms with Crippen molar-refractivity contribution in [2.75, 3.05) is 5.75 Å². The fourth-order valence-electron chi connectivity index (χ4n) is 1.70. The Labute approximate surface area is 120 Å². The van der Waals surface area contributed by atoms with Crippen LogP contribution >= 0.6 is 11.8 Å². The molecule has 0 aliphatic rings. The quantitative estimate of drug-likeness (QED) is 0.726. The van der Waals surface area contributed by atoms with Crippen LogP contribution in [0.1, 0.15) is 24.4 Å². The number of carbonyl (C=O) groups is 1. The summed E-state index contributed by atoms with van der Waals surface area (Å²) >= 11 is 1.49. The third-order valence-electron chi connectivity index (χ3n) is 2.76. The number of aromatic nitrogens is 3. The van der Waals surface area contributed by atoms with Gasteiger partial charge >= 0.3 is 5.69 Å². The van der Waals surface area contributed by atoms with Gasteiger partial charge in [0.25, 0.3) is 0 Å². The van der Waals surface area contributed by atoms with Crippen LogP contribution in [0, 0.1) is 6.92 Å². The maximum atomic E-state index is 11.9. The molecule has 0 bridgehead atoms. The second-order valence-electron chi connectivity index (χ2n) is 4.41. The Kier molecular flexibility index (Phi) is 4.62. The Bertz CT molecular complexity index is 650. The average Bonchev–Trinajstić information content (AvgIpc) is 2.84. The Morgan fingerprint density at radius 2 is 2.20 bits per heavy atom. The number of hydrogen-bond acceptors (Lipinski definition) is 4. The summed E-state index contributed by atoms with van der Waals surface area (Å²) in [5.41, 5.74) is 0.769. The van der Waals surface area contributed by atoms with Gasteiger partial charge in [-0.25, -0.2) is 9.89 Å². The van der Waals surface area contributed by atoms with Crippen molar-refractivity contribution in [2.24, 2.45) is 0 Å². The standard InChI is InChI=1S/C13H16N4O2S/c1-8-5-3-4-6-10(8)20-7-11(18)14-9(2)12-15-13(19)17-16-12/h3-6,9H,7H2,1-2H3,(H,14,18)(H2,15,16,17,19)/t9-/m1/s1. The number of benzene rings is 1. The molecule has 0 spiro atoms. The molecule has 0 saturated heterocycles. The topological polar surface area (TPSA) is 90.6 Å². The summed E-state index contributed by atoms with van der Waals surface area (Å²) in [4.78, 5) is 26.4. The number of aromatic amines is 2. The Hall–Kier alpha value is -2.02. The molecule has 0 radical (unpaired) electrons. The highest BCUT2D eigenvalue weighted by atomic mass is 32.2. The molecular weight excluding hydrogens is 276 g/mol. The highest BCUT2D eigenvalue weighted by Crippen LogP contribution is 2.21. The summed E-state index contributed by atoms with van der Waals surface area (Å²) in [6, 6.07) is 7.58. The van der Waals surface area contributed by atoms with Gasteiger partial charge in [-0.15, -0.1) is 11.8 Å². The smallest absolute Gasteiger partial charge is 0.340 e. The number of H-pyrrole nitrogens is 2. The van der Waals surface area contributed by atoms with E-state index in [4.69, 9.17) is 0 Å². The number of nitrogens with one attached hydrogen (secondary N) is 3. The van der Waals surface area contributed by atoms with Gasteiger partial charge in [-0.05, 0) is 25.5 Å². The van der Waals surface area contributed by atoms with Crippen molar-refractivity contribution < 1.29 is 4.79 Å². The predicted octanol–water partition coefficient (Wildman–Crippen LogP) is 1.38. The lowest BCUT2D eigenvalue weighted by molar-refractivity contribution is -0.119. The maximum Gasteiger partial charge on any atom is 0.340 e. The molecule has 0 saturated carbocycles. The maximum absolute atomic E-state index is 11.9. The van der Waals surface area contributed by atoms with Gasteiger partial charge in [0.1, 0.15) is 0 Å². The molecule has 1 aromatic heterocycles. The summed E-state index contributed by atoms with van der Waals surface area (Å²) in [5.74, 6) is 0.642. The molecule has 1 amide bonds. The Balaban J connectivity index is 1.87. The molecule has 1 atom stereocenters. The molecular formula is C13H16N4O2S. The SMILES string of the molecule is Cc1ccccc1SCC(=O)N[C@H](C)c1n[nH]c(=O)[nH]1. The fraction of sp³-hybridized carbons (Fsp3) is 0.308. The lowest BCUT2D eigenvalue weighted by atomic mass is 10.2. The first-order valence-corrected chi connectivity index (χ1v) is 7.17. The van der Waals surface area contributed by atoms with Crippen LogP contribution in [0.3, 0.4) is 0 Å². The van der Waals surface area contributed by atoms with Crippen LogP contribution < -0.4 is 11.0 Å². The van der Waals surface area contributed by atoms with Crippen molar-refractivity contribution in [3.8, 4) is 0 Å². The van der Waals surface area contributed by atoms with Gasteiger partial charge in [-0.1, -0.05) is 18.2 Å². The number of carbonyl (C=O) groups excluding carboxylic acids is 1. The van der Waals surface area contributed by atoms with Gasteiger partial charge in [-0.2, -0.15) is 5.10 Å². The lowest BCUT2D eigenvalue weighted by Gasteiger charge is -2.11. The third-order valence-corrected chi connectivity index (χ3v) is 3.94. The zero-order valence-corrected chi connectivity index (χ0v) is 12.1. The van der Waals surface area contributed by atoms with Gasteiger partial charge in [0, 0.05) is 4.90 Å². The van der Waals surface area contributed by atoms with Crippen molar-refractivity contribution in [1.82, 2.24) is 20.5 Å². The van der Waals surface area contributed by atoms with Gasteiger partial charge in [0.05, 0.1) is 11.8 Å². The summed E-state index contributed by atoms with van der Waals surface area (Å²) in [6.07, 6.45) is 0. The molecule has 0 unspecified atom stereocenters. The second kappa shape index (κ2) is 6.42. The van der Waals surface area contributed by atoms with Gasteiger partial charge in [0.15, 0.2) is 5.82 Å². The van der Waals surface area contributed by atoms with Crippen molar-refractivity contribution in [3.05, 3.63) is 46.1 Å². The van der Waals surface area contributed by atoms with Gasteiger partial charge < -0.3 is 5.32 Å². The lowest BCUT2D eigenvalue weighted by Crippen LogP contribution is -2.29. The monoisotopic (exact) mass is 292 g/mol. The van der Waals surface area contributed by atoms with E-state index in [0.717, 1.165) is 10.5 Å². The van der Waals surface area contributed by atoms with Crippen LogP contribution in [0.25, 0.3) is 0 Å². The fourth-order valence-corrected chi connectivity index (χ4v) is 2.54. The van der Waals surface area contributed by atoms with Crippen LogP contribution in [0.5, 0.6) is 0 Å². The summed E-state index contributed by atoms with van der Waals surface area (Å²) in [7, 11) is 0. The molecule has 0 aliphatic heterocycles. The largest absolute Gasteiger partial charge is 0.346 e. The molecule has 7 heteroatoms. The molecule has 2 aromatic rings. The minimum absolute atomic E-state index is 0.102. The first-order valence-electron chi connectivity index (χ1n) is 6.18. The highest BCUT2D eigenvalue weighted by molar-refractivity contribution is 8.00. The van der Waals surface area contributed by atoms with E-state index >= 15 is 0 Å². The summed E-state index contributed by atoms with van der Waals surface area (Å²) < 4.78 is 0.